The lowest BCUT2D eigenvalue weighted by molar-refractivity contribution is -0.0940. The van der Waals surface area contributed by atoms with E-state index in [0.717, 1.165) is 9.65 Å². The number of rotatable bonds is 0. The van der Waals surface area contributed by atoms with Crippen LogP contribution >= 0.6 is 22.6 Å². The molecule has 14 heavy (non-hydrogen) atoms. The number of halogens is 3. The Morgan fingerprint density at radius 2 is 2.07 bits per heavy atom. The van der Waals surface area contributed by atoms with E-state index in [9.17, 15) is 8.78 Å². The quantitative estimate of drug-likeness (QED) is 0.731. The van der Waals surface area contributed by atoms with Crippen LogP contribution in [-0.2, 0) is 5.92 Å². The summed E-state index contributed by atoms with van der Waals surface area (Å²) in [5.41, 5.74) is 0.375. The first kappa shape index (κ1) is 10.0. The summed E-state index contributed by atoms with van der Waals surface area (Å²) in [6, 6.07) is 4.65. The molecule has 0 aliphatic heterocycles. The standard InChI is InChI=1S/C10H7F2IO/c11-10(12)8-3-2-7(13)5-6(8)1-4-9(10)14/h1-5,9,14H. The van der Waals surface area contributed by atoms with Gasteiger partial charge >= 0.3 is 5.92 Å². The summed E-state index contributed by atoms with van der Waals surface area (Å²) in [6.07, 6.45) is 0.938. The first-order valence-electron chi connectivity index (χ1n) is 4.06. The summed E-state index contributed by atoms with van der Waals surface area (Å²) < 4.78 is 27.7. The molecule has 1 N–H and O–H groups in total. The van der Waals surface area contributed by atoms with E-state index in [-0.39, 0.29) is 5.56 Å². The second kappa shape index (κ2) is 3.27. The molecule has 4 heteroatoms. The van der Waals surface area contributed by atoms with Crippen molar-refractivity contribution in [3.05, 3.63) is 39.0 Å². The first-order valence-corrected chi connectivity index (χ1v) is 5.14. The summed E-state index contributed by atoms with van der Waals surface area (Å²) in [5, 5.41) is 9.11. The van der Waals surface area contributed by atoms with Crippen LogP contribution in [0.4, 0.5) is 8.78 Å². The van der Waals surface area contributed by atoms with Crippen LogP contribution in [0.5, 0.6) is 0 Å². The summed E-state index contributed by atoms with van der Waals surface area (Å²) in [6.45, 7) is 0. The van der Waals surface area contributed by atoms with Crippen molar-refractivity contribution in [2.24, 2.45) is 0 Å². The van der Waals surface area contributed by atoms with Crippen molar-refractivity contribution in [3.63, 3.8) is 0 Å². The average molecular weight is 308 g/mol. The second-order valence-corrected chi connectivity index (χ2v) is 4.40. The van der Waals surface area contributed by atoms with Gasteiger partial charge in [-0.3, -0.25) is 0 Å². The number of aliphatic hydroxyl groups excluding tert-OH is 1. The number of aliphatic hydroxyl groups is 1. The molecule has 1 unspecified atom stereocenters. The van der Waals surface area contributed by atoms with Crippen LogP contribution in [0.15, 0.2) is 24.3 Å². The normalized spacial score (nSPS) is 23.3. The molecule has 0 fully saturated rings. The highest BCUT2D eigenvalue weighted by Gasteiger charge is 2.42. The van der Waals surface area contributed by atoms with Crippen LogP contribution in [0.3, 0.4) is 0 Å². The molecule has 0 bridgehead atoms. The smallest absolute Gasteiger partial charge is 0.302 e. The Hall–Kier alpha value is -0.490. The third-order valence-electron chi connectivity index (χ3n) is 2.20. The predicted molar refractivity (Wildman–Crippen MR) is 58.1 cm³/mol. The van der Waals surface area contributed by atoms with E-state index >= 15 is 0 Å². The van der Waals surface area contributed by atoms with Gasteiger partial charge in [-0.15, -0.1) is 0 Å². The van der Waals surface area contributed by atoms with Crippen molar-refractivity contribution in [3.8, 4) is 0 Å². The molecule has 1 aromatic carbocycles. The maximum atomic E-state index is 13.4. The molecule has 0 heterocycles. The summed E-state index contributed by atoms with van der Waals surface area (Å²) >= 11 is 2.06. The lowest BCUT2D eigenvalue weighted by Crippen LogP contribution is -2.32. The molecule has 0 saturated heterocycles. The maximum Gasteiger partial charge on any atom is 0.302 e. The fraction of sp³-hybridized carbons (Fsp3) is 0.200. The summed E-state index contributed by atoms with van der Waals surface area (Å²) in [5.74, 6) is -3.17. The zero-order chi connectivity index (χ0) is 10.3. The lowest BCUT2D eigenvalue weighted by atomic mass is 9.92. The van der Waals surface area contributed by atoms with E-state index in [2.05, 4.69) is 22.6 Å². The summed E-state index contributed by atoms with van der Waals surface area (Å²) in [4.78, 5) is 0. The zero-order valence-electron chi connectivity index (χ0n) is 7.05. The van der Waals surface area contributed by atoms with Crippen molar-refractivity contribution in [1.82, 2.24) is 0 Å². The lowest BCUT2D eigenvalue weighted by Gasteiger charge is -2.25. The Bertz CT molecular complexity index is 401. The highest BCUT2D eigenvalue weighted by atomic mass is 127. The molecule has 0 amide bonds. The van der Waals surface area contributed by atoms with Gasteiger partial charge in [0.05, 0.1) is 0 Å². The van der Waals surface area contributed by atoms with Crippen molar-refractivity contribution >= 4 is 28.7 Å². The van der Waals surface area contributed by atoms with Crippen molar-refractivity contribution in [1.29, 1.82) is 0 Å². The molecule has 0 aromatic heterocycles. The van der Waals surface area contributed by atoms with Gasteiger partial charge in [-0.25, -0.2) is 0 Å². The molecule has 2 rings (SSSR count). The number of alkyl halides is 2. The summed E-state index contributed by atoms with van der Waals surface area (Å²) in [7, 11) is 0. The number of benzene rings is 1. The van der Waals surface area contributed by atoms with Crippen LogP contribution in [0.2, 0.25) is 0 Å². The predicted octanol–water partition coefficient (Wildman–Crippen LogP) is 2.77. The van der Waals surface area contributed by atoms with Gasteiger partial charge in [0.25, 0.3) is 0 Å². The number of hydrogen-bond acceptors (Lipinski definition) is 1. The van der Waals surface area contributed by atoms with Crippen LogP contribution in [0.1, 0.15) is 11.1 Å². The largest absolute Gasteiger partial charge is 0.382 e. The third-order valence-corrected chi connectivity index (χ3v) is 2.87. The van der Waals surface area contributed by atoms with E-state index in [1.165, 1.54) is 12.1 Å². The molecule has 1 aromatic rings. The molecule has 0 saturated carbocycles. The fourth-order valence-electron chi connectivity index (χ4n) is 1.45. The fourth-order valence-corrected chi connectivity index (χ4v) is 1.97. The molecule has 1 nitrogen and oxygen atoms in total. The monoisotopic (exact) mass is 308 g/mol. The van der Waals surface area contributed by atoms with Gasteiger partial charge in [0.15, 0.2) is 0 Å². The highest BCUT2D eigenvalue weighted by molar-refractivity contribution is 14.1. The molecule has 74 valence electrons. The SMILES string of the molecule is OC1C=Cc2cc(I)ccc2C1(F)F. The van der Waals surface area contributed by atoms with Crippen LogP contribution in [-0.4, -0.2) is 11.2 Å². The van der Waals surface area contributed by atoms with Gasteiger partial charge in [-0.2, -0.15) is 8.78 Å². The maximum absolute atomic E-state index is 13.4. The Labute approximate surface area is 93.6 Å². The van der Waals surface area contributed by atoms with Gasteiger partial charge in [0.2, 0.25) is 0 Å². The van der Waals surface area contributed by atoms with Gasteiger partial charge in [0, 0.05) is 9.13 Å². The van der Waals surface area contributed by atoms with Crippen LogP contribution in [0.25, 0.3) is 6.08 Å². The Kier molecular flexibility index (Phi) is 2.35. The Balaban J connectivity index is 2.61. The number of fused-ring (bicyclic) bond motifs is 1. The molecule has 1 aliphatic carbocycles. The second-order valence-electron chi connectivity index (χ2n) is 3.16. The third kappa shape index (κ3) is 1.46. The minimum Gasteiger partial charge on any atom is -0.382 e. The van der Waals surface area contributed by atoms with Crippen LogP contribution in [0, 0.1) is 3.57 Å². The van der Waals surface area contributed by atoms with Gasteiger partial charge in [-0.1, -0.05) is 12.1 Å². The van der Waals surface area contributed by atoms with Crippen LogP contribution < -0.4 is 0 Å². The van der Waals surface area contributed by atoms with E-state index in [4.69, 9.17) is 5.11 Å². The van der Waals surface area contributed by atoms with E-state index in [1.807, 2.05) is 0 Å². The van der Waals surface area contributed by atoms with Crippen molar-refractivity contribution in [2.75, 3.05) is 0 Å². The minimum atomic E-state index is -3.17. The average Bonchev–Trinajstić information content (AvgIpc) is 2.12. The van der Waals surface area contributed by atoms with E-state index < -0.39 is 12.0 Å². The van der Waals surface area contributed by atoms with Crippen molar-refractivity contribution in [2.45, 2.75) is 12.0 Å². The molecular formula is C10H7F2IO. The van der Waals surface area contributed by atoms with Crippen molar-refractivity contribution < 1.29 is 13.9 Å². The number of hydrogen-bond donors (Lipinski definition) is 1. The Morgan fingerprint density at radius 3 is 2.79 bits per heavy atom. The molecule has 0 radical (unpaired) electrons. The molecular weight excluding hydrogens is 301 g/mol. The first-order chi connectivity index (χ1) is 6.51. The van der Waals surface area contributed by atoms with E-state index in [0.29, 0.717) is 5.56 Å². The minimum absolute atomic E-state index is 0.104. The zero-order valence-corrected chi connectivity index (χ0v) is 9.20. The highest BCUT2D eigenvalue weighted by Crippen LogP contribution is 2.38. The molecule has 1 aliphatic rings. The van der Waals surface area contributed by atoms with Gasteiger partial charge in [0.1, 0.15) is 6.10 Å². The van der Waals surface area contributed by atoms with E-state index in [1.54, 1.807) is 12.1 Å². The van der Waals surface area contributed by atoms with Gasteiger partial charge < -0.3 is 5.11 Å². The topological polar surface area (TPSA) is 20.2 Å². The molecule has 1 atom stereocenters. The Morgan fingerprint density at radius 1 is 1.36 bits per heavy atom. The molecule has 0 spiro atoms. The van der Waals surface area contributed by atoms with Gasteiger partial charge in [-0.05, 0) is 46.4 Å².